The summed E-state index contributed by atoms with van der Waals surface area (Å²) in [7, 11) is 1.59. The van der Waals surface area contributed by atoms with Gasteiger partial charge in [0.05, 0.1) is 16.8 Å². The van der Waals surface area contributed by atoms with Gasteiger partial charge in [-0.15, -0.1) is 11.3 Å². The Hall–Kier alpha value is -1.66. The van der Waals surface area contributed by atoms with E-state index in [9.17, 15) is 4.79 Å². The summed E-state index contributed by atoms with van der Waals surface area (Å²) in [6.07, 6.45) is 1.67. The van der Waals surface area contributed by atoms with Gasteiger partial charge >= 0.3 is 5.97 Å². The van der Waals surface area contributed by atoms with E-state index in [1.54, 1.807) is 24.6 Å². The monoisotopic (exact) mass is 251 g/mol. The molecule has 0 radical (unpaired) electrons. The Morgan fingerprint density at radius 3 is 2.94 bits per heavy atom. The van der Waals surface area contributed by atoms with Crippen molar-refractivity contribution in [1.82, 2.24) is 15.3 Å². The molecule has 0 spiro atoms. The molecular weight excluding hydrogens is 238 g/mol. The normalized spacial score (nSPS) is 12.6. The lowest BCUT2D eigenvalue weighted by Gasteiger charge is -2.06. The van der Waals surface area contributed by atoms with Gasteiger partial charge in [0.25, 0.3) is 0 Å². The molecule has 5 nitrogen and oxygen atoms in total. The van der Waals surface area contributed by atoms with Crippen molar-refractivity contribution >= 4 is 17.3 Å². The molecule has 2 aromatic rings. The van der Waals surface area contributed by atoms with Crippen molar-refractivity contribution < 1.29 is 9.90 Å². The molecule has 2 aromatic heterocycles. The fraction of sp³-hybridized carbons (Fsp3) is 0.273. The molecule has 0 aliphatic rings. The zero-order valence-corrected chi connectivity index (χ0v) is 10.3. The second-order valence-electron chi connectivity index (χ2n) is 3.67. The second-order valence-corrected chi connectivity index (χ2v) is 4.59. The molecule has 0 fully saturated rings. The highest BCUT2D eigenvalue weighted by Gasteiger charge is 2.21. The Morgan fingerprint density at radius 2 is 2.41 bits per heavy atom. The van der Waals surface area contributed by atoms with E-state index in [4.69, 9.17) is 5.11 Å². The van der Waals surface area contributed by atoms with Crippen molar-refractivity contribution in [3.05, 3.63) is 29.0 Å². The van der Waals surface area contributed by atoms with Crippen LogP contribution >= 0.6 is 11.3 Å². The molecule has 90 valence electrons. The van der Waals surface area contributed by atoms with E-state index in [0.29, 0.717) is 5.82 Å². The number of carboxylic acid groups (broad SMARTS) is 1. The van der Waals surface area contributed by atoms with Crippen LogP contribution in [0.15, 0.2) is 17.6 Å². The third-order valence-electron chi connectivity index (χ3n) is 2.51. The molecule has 1 unspecified atom stereocenters. The standard InChI is InChI=1S/C11H13N3O2S/c1-6-3-4-17-9(6)7-5-13-10(14-7)8(12-2)11(15)16/h3-5,8,12H,1-2H3,(H,13,14)(H,15,16). The highest BCUT2D eigenvalue weighted by atomic mass is 32.1. The maximum atomic E-state index is 11.0. The van der Waals surface area contributed by atoms with Gasteiger partial charge in [-0.25, -0.2) is 4.98 Å². The number of likely N-dealkylation sites (N-methyl/N-ethyl adjacent to an activating group) is 1. The number of thiophene rings is 1. The maximum absolute atomic E-state index is 11.0. The number of carbonyl (C=O) groups is 1. The molecule has 0 aliphatic carbocycles. The Morgan fingerprint density at radius 1 is 1.65 bits per heavy atom. The molecule has 0 saturated carbocycles. The summed E-state index contributed by atoms with van der Waals surface area (Å²) in [5.74, 6) is -0.529. The lowest BCUT2D eigenvalue weighted by molar-refractivity contribution is -0.139. The highest BCUT2D eigenvalue weighted by Crippen LogP contribution is 2.28. The molecule has 2 rings (SSSR count). The molecule has 0 saturated heterocycles. The van der Waals surface area contributed by atoms with E-state index in [-0.39, 0.29) is 0 Å². The zero-order chi connectivity index (χ0) is 12.4. The summed E-state index contributed by atoms with van der Waals surface area (Å²) < 4.78 is 0. The number of nitrogens with zero attached hydrogens (tertiary/aromatic N) is 1. The zero-order valence-electron chi connectivity index (χ0n) is 9.52. The summed E-state index contributed by atoms with van der Waals surface area (Å²) in [5.41, 5.74) is 2.01. The number of aromatic nitrogens is 2. The Balaban J connectivity index is 2.33. The van der Waals surface area contributed by atoms with Crippen LogP contribution in [0, 0.1) is 6.92 Å². The summed E-state index contributed by atoms with van der Waals surface area (Å²) in [4.78, 5) is 19.2. The van der Waals surface area contributed by atoms with E-state index >= 15 is 0 Å². The molecule has 2 heterocycles. The van der Waals surface area contributed by atoms with Gasteiger partial charge in [0.2, 0.25) is 0 Å². The van der Waals surface area contributed by atoms with E-state index < -0.39 is 12.0 Å². The molecule has 6 heteroatoms. The van der Waals surface area contributed by atoms with Gasteiger partial charge < -0.3 is 15.4 Å². The van der Waals surface area contributed by atoms with Crippen LogP contribution in [0.25, 0.3) is 10.6 Å². The second kappa shape index (κ2) is 4.68. The number of rotatable bonds is 4. The van der Waals surface area contributed by atoms with Crippen molar-refractivity contribution in [3.63, 3.8) is 0 Å². The molecule has 1 atom stereocenters. The summed E-state index contributed by atoms with van der Waals surface area (Å²) in [6.45, 7) is 2.01. The number of aliphatic carboxylic acids is 1. The number of hydrogen-bond acceptors (Lipinski definition) is 4. The average Bonchev–Trinajstić information content (AvgIpc) is 2.87. The molecule has 0 aliphatic heterocycles. The Bertz CT molecular complexity index is 532. The first-order chi connectivity index (χ1) is 8.13. The first-order valence-corrected chi connectivity index (χ1v) is 6.01. The first-order valence-electron chi connectivity index (χ1n) is 5.13. The fourth-order valence-electron chi connectivity index (χ4n) is 1.62. The number of aryl methyl sites for hydroxylation is 1. The van der Waals surface area contributed by atoms with Crippen molar-refractivity contribution in [3.8, 4) is 10.6 Å². The third kappa shape index (κ3) is 2.22. The van der Waals surface area contributed by atoms with Gasteiger partial charge in [0.1, 0.15) is 5.82 Å². The van der Waals surface area contributed by atoms with Crippen molar-refractivity contribution in [2.75, 3.05) is 7.05 Å². The SMILES string of the molecule is CNC(C(=O)O)c1ncc(-c2sccc2C)[nH]1. The van der Waals surface area contributed by atoms with Crippen LogP contribution < -0.4 is 5.32 Å². The van der Waals surface area contributed by atoms with Crippen LogP contribution in [0.5, 0.6) is 0 Å². The van der Waals surface area contributed by atoms with Gasteiger partial charge in [0, 0.05) is 0 Å². The lowest BCUT2D eigenvalue weighted by Crippen LogP contribution is -2.26. The largest absolute Gasteiger partial charge is 0.480 e. The van der Waals surface area contributed by atoms with E-state index in [1.165, 1.54) is 0 Å². The van der Waals surface area contributed by atoms with Crippen LogP contribution in [0.3, 0.4) is 0 Å². The van der Waals surface area contributed by atoms with E-state index in [0.717, 1.165) is 16.1 Å². The van der Waals surface area contributed by atoms with Crippen molar-refractivity contribution in [2.45, 2.75) is 13.0 Å². The number of carboxylic acids is 1. The molecule has 17 heavy (non-hydrogen) atoms. The van der Waals surface area contributed by atoms with Gasteiger partial charge in [-0.3, -0.25) is 4.79 Å². The summed E-state index contributed by atoms with van der Waals surface area (Å²) >= 11 is 1.60. The maximum Gasteiger partial charge on any atom is 0.328 e. The highest BCUT2D eigenvalue weighted by molar-refractivity contribution is 7.13. The third-order valence-corrected chi connectivity index (χ3v) is 3.56. The fourth-order valence-corrected chi connectivity index (χ4v) is 2.52. The summed E-state index contributed by atoms with van der Waals surface area (Å²) in [6, 6.07) is 1.22. The van der Waals surface area contributed by atoms with E-state index in [1.807, 2.05) is 18.4 Å². The van der Waals surface area contributed by atoms with Crippen LogP contribution in [-0.4, -0.2) is 28.1 Å². The molecule has 0 bridgehead atoms. The van der Waals surface area contributed by atoms with Crippen LogP contribution in [0.1, 0.15) is 17.4 Å². The van der Waals surface area contributed by atoms with Gasteiger partial charge in [-0.1, -0.05) is 0 Å². The quantitative estimate of drug-likeness (QED) is 0.774. The van der Waals surface area contributed by atoms with Gasteiger partial charge in [0.15, 0.2) is 6.04 Å². The minimum Gasteiger partial charge on any atom is -0.480 e. The van der Waals surface area contributed by atoms with Gasteiger partial charge in [-0.2, -0.15) is 0 Å². The van der Waals surface area contributed by atoms with Crippen LogP contribution in [0.4, 0.5) is 0 Å². The molecule has 0 amide bonds. The first kappa shape index (κ1) is 11.8. The molecule has 3 N–H and O–H groups in total. The summed E-state index contributed by atoms with van der Waals surface area (Å²) in [5, 5.41) is 13.7. The molecular formula is C11H13N3O2S. The van der Waals surface area contributed by atoms with Crippen LogP contribution in [-0.2, 0) is 4.79 Å². The Kier molecular flexibility index (Phi) is 3.26. The predicted molar refractivity (Wildman–Crippen MR) is 66.1 cm³/mol. The van der Waals surface area contributed by atoms with Crippen molar-refractivity contribution in [2.24, 2.45) is 0 Å². The minimum atomic E-state index is -0.948. The molecule has 0 aromatic carbocycles. The lowest BCUT2D eigenvalue weighted by atomic mass is 10.2. The van der Waals surface area contributed by atoms with E-state index in [2.05, 4.69) is 15.3 Å². The van der Waals surface area contributed by atoms with Crippen molar-refractivity contribution in [1.29, 1.82) is 0 Å². The number of aromatic amines is 1. The minimum absolute atomic E-state index is 0.419. The number of nitrogens with one attached hydrogen (secondary N) is 2. The number of imidazole rings is 1. The van der Waals surface area contributed by atoms with Gasteiger partial charge in [-0.05, 0) is 31.0 Å². The van der Waals surface area contributed by atoms with Crippen LogP contribution in [0.2, 0.25) is 0 Å². The smallest absolute Gasteiger partial charge is 0.328 e. The number of H-pyrrole nitrogens is 1. The topological polar surface area (TPSA) is 78.0 Å². The predicted octanol–water partition coefficient (Wildman–Crippen LogP) is 1.79. The Labute approximate surface area is 103 Å². The number of hydrogen-bond donors (Lipinski definition) is 3. The average molecular weight is 251 g/mol.